The van der Waals surface area contributed by atoms with Gasteiger partial charge in [-0.2, -0.15) is 0 Å². The molecule has 0 bridgehead atoms. The molecule has 0 aliphatic carbocycles. The predicted molar refractivity (Wildman–Crippen MR) is 141 cm³/mol. The van der Waals surface area contributed by atoms with Crippen LogP contribution in [0.2, 0.25) is 5.02 Å². The number of thiazole rings is 1. The van der Waals surface area contributed by atoms with E-state index in [9.17, 15) is 9.59 Å². The number of nitrogens with zero attached hydrogens (tertiary/aromatic N) is 2. The summed E-state index contributed by atoms with van der Waals surface area (Å²) in [6.45, 7) is 10.1. The van der Waals surface area contributed by atoms with E-state index in [0.29, 0.717) is 51.4 Å². The Morgan fingerprint density at radius 3 is 2.67 bits per heavy atom. The summed E-state index contributed by atoms with van der Waals surface area (Å²) in [5, 5.41) is 1.20. The van der Waals surface area contributed by atoms with E-state index in [-0.39, 0.29) is 16.8 Å². The summed E-state index contributed by atoms with van der Waals surface area (Å²) in [4.78, 5) is 34.7. The average Bonchev–Trinajstić information content (AvgIpc) is 3.34. The Kier molecular flexibility index (Phi) is 6.32. The maximum Gasteiger partial charge on any atom is 0.297 e. The number of hydrogen-bond donors (Lipinski definition) is 0. The lowest BCUT2D eigenvalue weighted by molar-refractivity contribution is 0.0971. The van der Waals surface area contributed by atoms with Gasteiger partial charge in [0.1, 0.15) is 12.2 Å². The summed E-state index contributed by atoms with van der Waals surface area (Å²) >= 11 is 7.57. The zero-order valence-corrected chi connectivity index (χ0v) is 21.5. The second-order valence-electron chi connectivity index (χ2n) is 8.27. The maximum atomic E-state index is 13.8. The number of anilines is 1. The number of aromatic nitrogens is 1. The topological polar surface area (TPSA) is 81.9 Å². The van der Waals surface area contributed by atoms with Crippen LogP contribution in [-0.4, -0.2) is 24.1 Å². The molecule has 2 aromatic carbocycles. The van der Waals surface area contributed by atoms with Crippen LogP contribution >= 0.6 is 22.9 Å². The van der Waals surface area contributed by atoms with Gasteiger partial charge in [-0.15, -0.1) is 11.3 Å². The van der Waals surface area contributed by atoms with Gasteiger partial charge in [0.15, 0.2) is 22.1 Å². The van der Waals surface area contributed by atoms with Gasteiger partial charge in [0.2, 0.25) is 5.76 Å². The van der Waals surface area contributed by atoms with Crippen LogP contribution < -0.4 is 19.8 Å². The molecule has 5 rings (SSSR count). The Balaban J connectivity index is 1.76. The highest BCUT2D eigenvalue weighted by atomic mass is 35.5. The smallest absolute Gasteiger partial charge is 0.297 e. The van der Waals surface area contributed by atoms with E-state index in [4.69, 9.17) is 25.5 Å². The quantitative estimate of drug-likeness (QED) is 0.267. The molecule has 7 nitrogen and oxygen atoms in total. The third kappa shape index (κ3) is 3.96. The van der Waals surface area contributed by atoms with Gasteiger partial charge in [-0.05, 0) is 56.7 Å². The van der Waals surface area contributed by atoms with Crippen LogP contribution in [0.3, 0.4) is 0 Å². The molecule has 4 aromatic rings. The predicted octanol–water partition coefficient (Wildman–Crippen LogP) is 6.23. The van der Waals surface area contributed by atoms with E-state index in [0.717, 1.165) is 10.6 Å². The number of amides is 1. The number of fused-ring (bicyclic) bond motifs is 2. The maximum absolute atomic E-state index is 13.8. The van der Waals surface area contributed by atoms with Gasteiger partial charge in [0.25, 0.3) is 5.91 Å². The molecule has 36 heavy (non-hydrogen) atoms. The fourth-order valence-electron chi connectivity index (χ4n) is 4.25. The lowest BCUT2D eigenvalue weighted by atomic mass is 9.98. The number of aryl methyl sites for hydroxylation is 2. The van der Waals surface area contributed by atoms with Crippen LogP contribution in [0.15, 0.2) is 58.3 Å². The second-order valence-corrected chi connectivity index (χ2v) is 9.89. The number of halogens is 1. The SMILES string of the molecule is C=CCOc1ccc(C2c3c(oc4ccc(Cl)cc4c3=O)C(=O)N2c2nc(C)c(C)s2)cc1OCC. The lowest BCUT2D eigenvalue weighted by Crippen LogP contribution is -2.29. The zero-order chi connectivity index (χ0) is 25.6. The first-order chi connectivity index (χ1) is 17.3. The van der Waals surface area contributed by atoms with E-state index in [1.165, 1.54) is 16.2 Å². The van der Waals surface area contributed by atoms with Crippen molar-refractivity contribution in [3.63, 3.8) is 0 Å². The van der Waals surface area contributed by atoms with Gasteiger partial charge in [-0.3, -0.25) is 14.5 Å². The normalized spacial score (nSPS) is 14.8. The van der Waals surface area contributed by atoms with Crippen molar-refractivity contribution < 1.29 is 18.7 Å². The molecule has 0 spiro atoms. The number of rotatable bonds is 7. The summed E-state index contributed by atoms with van der Waals surface area (Å²) < 4.78 is 17.6. The van der Waals surface area contributed by atoms with Gasteiger partial charge in [-0.1, -0.05) is 30.3 Å². The van der Waals surface area contributed by atoms with Crippen LogP contribution in [0, 0.1) is 13.8 Å². The monoisotopic (exact) mass is 522 g/mol. The number of carbonyl (C=O) groups is 1. The Labute approximate surface area is 216 Å². The summed E-state index contributed by atoms with van der Waals surface area (Å²) in [5.74, 6) is 0.602. The van der Waals surface area contributed by atoms with Gasteiger partial charge in [-0.25, -0.2) is 4.98 Å². The molecular weight excluding hydrogens is 500 g/mol. The minimum atomic E-state index is -0.773. The largest absolute Gasteiger partial charge is 0.490 e. The molecule has 0 fully saturated rings. The van der Waals surface area contributed by atoms with Gasteiger partial charge >= 0.3 is 0 Å². The molecular formula is C27H23ClN2O5S. The number of carbonyl (C=O) groups excluding carboxylic acids is 1. The van der Waals surface area contributed by atoms with Gasteiger partial charge in [0, 0.05) is 9.90 Å². The Morgan fingerprint density at radius 2 is 1.97 bits per heavy atom. The van der Waals surface area contributed by atoms with Crippen molar-refractivity contribution in [1.29, 1.82) is 0 Å². The fraction of sp³-hybridized carbons (Fsp3) is 0.222. The van der Waals surface area contributed by atoms with Crippen molar-refractivity contribution in [2.24, 2.45) is 0 Å². The summed E-state index contributed by atoms with van der Waals surface area (Å²) in [7, 11) is 0. The van der Waals surface area contributed by atoms with Crippen LogP contribution in [0.5, 0.6) is 11.5 Å². The number of ether oxygens (including phenoxy) is 2. The first-order valence-electron chi connectivity index (χ1n) is 11.4. The first-order valence-corrected chi connectivity index (χ1v) is 12.6. The first kappa shape index (κ1) is 24.1. The van der Waals surface area contributed by atoms with Crippen molar-refractivity contribution in [3.8, 4) is 11.5 Å². The van der Waals surface area contributed by atoms with E-state index < -0.39 is 11.9 Å². The third-order valence-corrected chi connectivity index (χ3v) is 7.30. The van der Waals surface area contributed by atoms with Crippen LogP contribution in [0.1, 0.15) is 45.2 Å². The molecule has 1 aliphatic rings. The fourth-order valence-corrected chi connectivity index (χ4v) is 5.36. The second kappa shape index (κ2) is 9.44. The Morgan fingerprint density at radius 1 is 1.17 bits per heavy atom. The minimum Gasteiger partial charge on any atom is -0.490 e. The van der Waals surface area contributed by atoms with Crippen molar-refractivity contribution in [1.82, 2.24) is 4.98 Å². The Bertz CT molecular complexity index is 1560. The van der Waals surface area contributed by atoms with E-state index in [1.54, 1.807) is 36.4 Å². The van der Waals surface area contributed by atoms with E-state index in [1.807, 2.05) is 26.8 Å². The lowest BCUT2D eigenvalue weighted by Gasteiger charge is -2.23. The highest BCUT2D eigenvalue weighted by molar-refractivity contribution is 7.15. The molecule has 1 amide bonds. The van der Waals surface area contributed by atoms with Crippen LogP contribution in [0.25, 0.3) is 11.0 Å². The molecule has 1 aliphatic heterocycles. The van der Waals surface area contributed by atoms with Crippen molar-refractivity contribution in [2.45, 2.75) is 26.8 Å². The van der Waals surface area contributed by atoms with Crippen molar-refractivity contribution in [3.05, 3.63) is 91.8 Å². The van der Waals surface area contributed by atoms with Crippen LogP contribution in [-0.2, 0) is 0 Å². The average molecular weight is 523 g/mol. The third-order valence-electron chi connectivity index (χ3n) is 6.00. The number of hydrogen-bond acceptors (Lipinski definition) is 7. The molecule has 0 saturated carbocycles. The molecule has 2 aromatic heterocycles. The molecule has 0 saturated heterocycles. The van der Waals surface area contributed by atoms with E-state index in [2.05, 4.69) is 11.6 Å². The van der Waals surface area contributed by atoms with Gasteiger partial charge in [0.05, 0.1) is 29.3 Å². The summed E-state index contributed by atoms with van der Waals surface area (Å²) in [6, 6.07) is 9.38. The zero-order valence-electron chi connectivity index (χ0n) is 20.0. The molecule has 3 heterocycles. The summed E-state index contributed by atoms with van der Waals surface area (Å²) in [6.07, 6.45) is 1.64. The van der Waals surface area contributed by atoms with Crippen molar-refractivity contribution in [2.75, 3.05) is 18.1 Å². The standard InChI is InChI=1S/C27H23ClN2O5S/c1-5-11-34-20-9-7-16(12-21(20)33-6-2)23-22-24(31)18-13-17(28)8-10-19(18)35-25(22)26(32)30(23)27-29-14(3)15(4)36-27/h5,7-10,12-13,23H,1,6,11H2,2-4H3. The van der Waals surface area contributed by atoms with Gasteiger partial charge < -0.3 is 13.9 Å². The minimum absolute atomic E-state index is 0.00438. The highest BCUT2D eigenvalue weighted by Crippen LogP contribution is 2.44. The summed E-state index contributed by atoms with van der Waals surface area (Å²) in [5.41, 5.74) is 1.70. The Hall–Kier alpha value is -3.62. The molecule has 184 valence electrons. The molecule has 0 N–H and O–H groups in total. The van der Waals surface area contributed by atoms with Crippen molar-refractivity contribution >= 4 is 44.9 Å². The molecule has 0 radical (unpaired) electrons. The number of benzene rings is 2. The molecule has 1 atom stereocenters. The van der Waals surface area contributed by atoms with Crippen LogP contribution in [0.4, 0.5) is 5.13 Å². The van der Waals surface area contributed by atoms with E-state index >= 15 is 0 Å². The molecule has 1 unspecified atom stereocenters. The molecule has 9 heteroatoms. The highest BCUT2D eigenvalue weighted by Gasteiger charge is 2.45.